The zero-order chi connectivity index (χ0) is 12.9. The van der Waals surface area contributed by atoms with Gasteiger partial charge in [-0.15, -0.1) is 0 Å². The summed E-state index contributed by atoms with van der Waals surface area (Å²) in [6, 6.07) is 11.5. The molecule has 0 aromatic heterocycles. The first kappa shape index (κ1) is 12.9. The van der Waals surface area contributed by atoms with Gasteiger partial charge in [0.1, 0.15) is 0 Å². The first-order valence-corrected chi connectivity index (χ1v) is 7.89. The fourth-order valence-electron chi connectivity index (χ4n) is 3.32. The second-order valence-corrected chi connectivity index (χ2v) is 6.04. The minimum absolute atomic E-state index is 0.878. The Hall–Kier alpha value is -1.08. The van der Waals surface area contributed by atoms with Crippen LogP contribution in [0.25, 0.3) is 6.08 Å². The number of likely N-dealkylation sites (tertiary alicyclic amines) is 1. The largest absolute Gasteiger partial charge is 0.300 e. The summed E-state index contributed by atoms with van der Waals surface area (Å²) in [5.41, 5.74) is 1.33. The first-order chi connectivity index (χ1) is 9.43. The van der Waals surface area contributed by atoms with Gasteiger partial charge in [-0.05, 0) is 63.1 Å². The zero-order valence-corrected chi connectivity index (χ0v) is 11.8. The second kappa shape index (κ2) is 6.38. The van der Waals surface area contributed by atoms with E-state index in [2.05, 4.69) is 47.4 Å². The van der Waals surface area contributed by atoms with E-state index < -0.39 is 0 Å². The molecule has 1 aliphatic heterocycles. The molecule has 1 saturated carbocycles. The van der Waals surface area contributed by atoms with Gasteiger partial charge in [0.05, 0.1) is 0 Å². The molecule has 0 spiro atoms. The van der Waals surface area contributed by atoms with E-state index in [4.69, 9.17) is 0 Å². The molecule has 1 aromatic rings. The topological polar surface area (TPSA) is 3.24 Å². The molecule has 1 saturated heterocycles. The maximum absolute atomic E-state index is 2.76. The molecule has 19 heavy (non-hydrogen) atoms. The number of hydrogen-bond acceptors (Lipinski definition) is 1. The van der Waals surface area contributed by atoms with Crippen LogP contribution < -0.4 is 0 Å². The average Bonchev–Trinajstić information content (AvgIpc) is 3.14. The molecule has 1 unspecified atom stereocenters. The van der Waals surface area contributed by atoms with Crippen LogP contribution in [-0.2, 0) is 0 Å². The monoisotopic (exact) mass is 255 g/mol. The van der Waals surface area contributed by atoms with Crippen LogP contribution in [0.15, 0.2) is 36.4 Å². The Morgan fingerprint density at radius 2 is 1.84 bits per heavy atom. The van der Waals surface area contributed by atoms with E-state index in [0.717, 1.165) is 12.0 Å². The van der Waals surface area contributed by atoms with Crippen molar-refractivity contribution in [1.82, 2.24) is 4.90 Å². The van der Waals surface area contributed by atoms with E-state index in [1.165, 1.54) is 57.2 Å². The summed E-state index contributed by atoms with van der Waals surface area (Å²) < 4.78 is 0. The van der Waals surface area contributed by atoms with Gasteiger partial charge in [-0.25, -0.2) is 0 Å². The van der Waals surface area contributed by atoms with Gasteiger partial charge in [0.25, 0.3) is 0 Å². The van der Waals surface area contributed by atoms with Gasteiger partial charge in [0, 0.05) is 6.04 Å². The van der Waals surface area contributed by atoms with Crippen LogP contribution in [0.2, 0.25) is 0 Å². The average molecular weight is 255 g/mol. The van der Waals surface area contributed by atoms with E-state index in [1.54, 1.807) is 0 Å². The molecule has 1 aromatic carbocycles. The van der Waals surface area contributed by atoms with Crippen LogP contribution in [0, 0.1) is 5.92 Å². The third-order valence-corrected chi connectivity index (χ3v) is 4.51. The summed E-state index contributed by atoms with van der Waals surface area (Å²) in [7, 11) is 0. The summed E-state index contributed by atoms with van der Waals surface area (Å²) >= 11 is 0. The van der Waals surface area contributed by atoms with E-state index >= 15 is 0 Å². The Morgan fingerprint density at radius 3 is 2.53 bits per heavy atom. The van der Waals surface area contributed by atoms with Crippen molar-refractivity contribution < 1.29 is 0 Å². The quantitative estimate of drug-likeness (QED) is 0.730. The highest BCUT2D eigenvalue weighted by Crippen LogP contribution is 2.38. The van der Waals surface area contributed by atoms with E-state index in [0.29, 0.717) is 0 Å². The highest BCUT2D eigenvalue weighted by molar-refractivity contribution is 5.48. The molecule has 3 rings (SSSR count). The van der Waals surface area contributed by atoms with E-state index in [-0.39, 0.29) is 0 Å². The molecule has 0 bridgehead atoms. The number of benzene rings is 1. The zero-order valence-electron chi connectivity index (χ0n) is 11.8. The third kappa shape index (κ3) is 3.70. The third-order valence-electron chi connectivity index (χ3n) is 4.51. The summed E-state index contributed by atoms with van der Waals surface area (Å²) in [4.78, 5) is 2.76. The van der Waals surface area contributed by atoms with Gasteiger partial charge in [-0.2, -0.15) is 0 Å². The molecule has 1 heteroatoms. The molecule has 2 fully saturated rings. The van der Waals surface area contributed by atoms with Crippen molar-refractivity contribution in [3.05, 3.63) is 42.0 Å². The van der Waals surface area contributed by atoms with Crippen LogP contribution in [0.4, 0.5) is 0 Å². The number of hydrogen-bond donors (Lipinski definition) is 0. The van der Waals surface area contributed by atoms with Gasteiger partial charge in [-0.3, -0.25) is 0 Å². The number of nitrogens with zero attached hydrogens (tertiary/aromatic N) is 1. The first-order valence-electron chi connectivity index (χ1n) is 7.89. The van der Waals surface area contributed by atoms with Gasteiger partial charge >= 0.3 is 0 Å². The minimum atomic E-state index is 0.878. The molecular weight excluding hydrogens is 230 g/mol. The molecule has 1 atom stereocenters. The predicted octanol–water partition coefficient (Wildman–Crippen LogP) is 4.35. The lowest BCUT2D eigenvalue weighted by atomic mass is 10.0. The van der Waals surface area contributed by atoms with Gasteiger partial charge in [-0.1, -0.05) is 42.5 Å². The number of rotatable bonds is 6. The Balaban J connectivity index is 1.48. The van der Waals surface area contributed by atoms with Crippen LogP contribution in [0.1, 0.15) is 44.1 Å². The van der Waals surface area contributed by atoms with E-state index in [1.807, 2.05) is 0 Å². The molecule has 1 nitrogen and oxygen atoms in total. The lowest BCUT2D eigenvalue weighted by molar-refractivity contribution is 0.207. The fraction of sp³-hybridized carbons (Fsp3) is 0.556. The maximum Gasteiger partial charge on any atom is 0.0126 e. The van der Waals surface area contributed by atoms with Gasteiger partial charge in [0.15, 0.2) is 0 Å². The molecular formula is C18H25N. The molecule has 0 N–H and O–H groups in total. The second-order valence-electron chi connectivity index (χ2n) is 6.04. The highest BCUT2D eigenvalue weighted by atomic mass is 15.2. The Morgan fingerprint density at radius 1 is 1.11 bits per heavy atom. The Labute approximate surface area is 117 Å². The lowest BCUT2D eigenvalue weighted by Crippen LogP contribution is -2.34. The van der Waals surface area contributed by atoms with E-state index in [9.17, 15) is 0 Å². The van der Waals surface area contributed by atoms with Crippen molar-refractivity contribution in [3.8, 4) is 0 Å². The van der Waals surface area contributed by atoms with Crippen LogP contribution in [0.5, 0.6) is 0 Å². The molecule has 102 valence electrons. The van der Waals surface area contributed by atoms with Crippen molar-refractivity contribution in [1.29, 1.82) is 0 Å². The van der Waals surface area contributed by atoms with Crippen molar-refractivity contribution >= 4 is 6.08 Å². The van der Waals surface area contributed by atoms with Gasteiger partial charge in [0.2, 0.25) is 0 Å². The summed E-state index contributed by atoms with van der Waals surface area (Å²) in [5.74, 6) is 1.02. The van der Waals surface area contributed by atoms with Crippen molar-refractivity contribution in [3.63, 3.8) is 0 Å². The Bertz CT molecular complexity index is 399. The van der Waals surface area contributed by atoms with Crippen LogP contribution in [0.3, 0.4) is 0 Å². The molecule has 1 heterocycles. The van der Waals surface area contributed by atoms with Crippen molar-refractivity contribution in [2.24, 2.45) is 5.92 Å². The maximum atomic E-state index is 2.76. The molecule has 0 radical (unpaired) electrons. The molecule has 2 aliphatic rings. The van der Waals surface area contributed by atoms with Gasteiger partial charge < -0.3 is 4.90 Å². The smallest absolute Gasteiger partial charge is 0.0126 e. The Kier molecular flexibility index (Phi) is 4.34. The highest BCUT2D eigenvalue weighted by Gasteiger charge is 2.35. The van der Waals surface area contributed by atoms with Crippen molar-refractivity contribution in [2.75, 3.05) is 13.1 Å². The van der Waals surface area contributed by atoms with Crippen LogP contribution >= 0.6 is 0 Å². The predicted molar refractivity (Wildman–Crippen MR) is 82.0 cm³/mol. The SMILES string of the molecule is C(=C\c1ccccc1)/CCC(C1CC1)N1CCCC1. The molecule has 0 amide bonds. The normalized spacial score (nSPS) is 22.1. The minimum Gasteiger partial charge on any atom is -0.300 e. The number of allylic oxidation sites excluding steroid dienone is 1. The summed E-state index contributed by atoms with van der Waals surface area (Å²) in [5, 5.41) is 0. The summed E-state index contributed by atoms with van der Waals surface area (Å²) in [6.07, 6.45) is 13.0. The fourth-order valence-corrected chi connectivity index (χ4v) is 3.32. The standard InChI is InChI=1S/C18H25N/c1-2-8-16(9-3-1)10-4-5-11-18(17-12-13-17)19-14-6-7-15-19/h1-4,8-10,17-18H,5-7,11-15H2/b10-4+. The van der Waals surface area contributed by atoms with Crippen LogP contribution in [-0.4, -0.2) is 24.0 Å². The van der Waals surface area contributed by atoms with Crippen molar-refractivity contribution in [2.45, 2.75) is 44.6 Å². The lowest BCUT2D eigenvalue weighted by Gasteiger charge is -2.27. The molecule has 1 aliphatic carbocycles. The summed E-state index contributed by atoms with van der Waals surface area (Å²) in [6.45, 7) is 2.70.